The van der Waals surface area contributed by atoms with Crippen LogP contribution >= 0.6 is 0 Å². The minimum absolute atomic E-state index is 0.169. The fraction of sp³-hybridized carbons (Fsp3) is 0.250. The molecule has 0 aliphatic carbocycles. The van der Waals surface area contributed by atoms with Gasteiger partial charge in [0, 0.05) is 47.7 Å². The maximum Gasteiger partial charge on any atom is 0.414 e. The maximum absolute atomic E-state index is 14.4. The number of aryl methyl sites for hydroxylation is 2. The molecule has 11 nitrogen and oxygen atoms in total. The number of ether oxygens (including phenoxy) is 2. The number of rotatable bonds is 5. The second-order valence-electron chi connectivity index (χ2n) is 9.74. The van der Waals surface area contributed by atoms with E-state index in [1.807, 2.05) is 0 Å². The van der Waals surface area contributed by atoms with Crippen LogP contribution in [0.5, 0.6) is 0 Å². The van der Waals surface area contributed by atoms with Gasteiger partial charge < -0.3 is 20.1 Å². The lowest BCUT2D eigenvalue weighted by Crippen LogP contribution is -2.27. The monoisotopic (exact) mass is 562 g/mol. The lowest BCUT2D eigenvalue weighted by Gasteiger charge is -2.33. The van der Waals surface area contributed by atoms with E-state index in [-0.39, 0.29) is 23.7 Å². The Morgan fingerprint density at radius 1 is 1.12 bits per heavy atom. The number of benzene rings is 2. The van der Waals surface area contributed by atoms with Crippen molar-refractivity contribution in [1.82, 2.24) is 14.8 Å². The molecule has 0 atom stereocenters. The van der Waals surface area contributed by atoms with Crippen LogP contribution in [0.2, 0.25) is 0 Å². The molecule has 4 heterocycles. The predicted molar refractivity (Wildman–Crippen MR) is 144 cm³/mol. The highest BCUT2D eigenvalue weighted by Gasteiger charge is 2.29. The van der Waals surface area contributed by atoms with E-state index in [9.17, 15) is 23.2 Å². The van der Waals surface area contributed by atoms with Crippen molar-refractivity contribution in [3.05, 3.63) is 65.6 Å². The van der Waals surface area contributed by atoms with Gasteiger partial charge in [-0.15, -0.1) is 0 Å². The first-order chi connectivity index (χ1) is 19.7. The van der Waals surface area contributed by atoms with Gasteiger partial charge >= 0.3 is 18.2 Å². The molecule has 0 unspecified atom stereocenters. The summed E-state index contributed by atoms with van der Waals surface area (Å²) in [7, 11) is 1.72. The summed E-state index contributed by atoms with van der Waals surface area (Å²) in [6.07, 6.45) is -0.0139. The van der Waals surface area contributed by atoms with Crippen LogP contribution in [0.15, 0.2) is 48.8 Å². The zero-order valence-corrected chi connectivity index (χ0v) is 21.8. The van der Waals surface area contributed by atoms with Crippen LogP contribution < -0.4 is 15.5 Å². The largest absolute Gasteiger partial charge is 0.447 e. The topological polar surface area (TPSA) is 133 Å². The Balaban J connectivity index is 1.54. The Kier molecular flexibility index (Phi) is 6.48. The molecule has 210 valence electrons. The lowest BCUT2D eigenvalue weighted by molar-refractivity contribution is 0.0632. The van der Waals surface area contributed by atoms with Gasteiger partial charge in [-0.1, -0.05) is 6.07 Å². The molecule has 0 spiro atoms. The molecule has 1 saturated heterocycles. The molecule has 1 fully saturated rings. The summed E-state index contributed by atoms with van der Waals surface area (Å²) in [5, 5.41) is 5.24. The Bertz CT molecular complexity index is 1720. The molecule has 6 rings (SSSR count). The number of aromatic nitrogens is 3. The second-order valence-corrected chi connectivity index (χ2v) is 9.74. The van der Waals surface area contributed by atoms with E-state index in [1.165, 1.54) is 17.0 Å². The number of hydrogen-bond acceptors (Lipinski definition) is 8. The molecule has 2 aromatic carbocycles. The predicted octanol–water partition coefficient (Wildman–Crippen LogP) is 4.85. The van der Waals surface area contributed by atoms with E-state index in [0.29, 0.717) is 59.2 Å². The normalized spacial score (nSPS) is 14.9. The Morgan fingerprint density at radius 2 is 1.95 bits per heavy atom. The highest BCUT2D eigenvalue weighted by atomic mass is 19.3. The number of hydrogen-bond donors (Lipinski definition) is 1. The molecule has 2 aromatic heterocycles. The van der Waals surface area contributed by atoms with Crippen LogP contribution in [0, 0.1) is 0 Å². The first kappa shape index (κ1) is 26.2. The molecule has 0 saturated carbocycles. The Hall–Kier alpha value is -5.07. The average Bonchev–Trinajstić information content (AvgIpc) is 3.58. The molecule has 2 amide bonds. The zero-order valence-electron chi connectivity index (χ0n) is 21.8. The Labute approximate surface area is 232 Å². The van der Waals surface area contributed by atoms with Gasteiger partial charge in [0.1, 0.15) is 12.4 Å². The summed E-state index contributed by atoms with van der Waals surface area (Å²) in [5.74, 6) is -0.770. The first-order valence-electron chi connectivity index (χ1n) is 12.8. The van der Waals surface area contributed by atoms with Crippen molar-refractivity contribution in [2.45, 2.75) is 19.3 Å². The first-order valence-corrected chi connectivity index (χ1v) is 12.8. The molecule has 0 bridgehead atoms. The van der Waals surface area contributed by atoms with Crippen molar-refractivity contribution < 1.29 is 32.6 Å². The van der Waals surface area contributed by atoms with Crippen LogP contribution in [0.4, 0.5) is 35.6 Å². The SMILES string of the molecule is Cn1cc(-c2cc3c(cc2C(F)F)N(c2nc(C(=O)OC(N)=O)cc4ccc(N5CCOC5=O)cc24)CCC3)cn1. The molecular formula is C28H24F2N6O5. The van der Waals surface area contributed by atoms with Gasteiger partial charge in [-0.2, -0.15) is 5.10 Å². The van der Waals surface area contributed by atoms with E-state index < -0.39 is 24.6 Å². The maximum atomic E-state index is 14.4. The number of nitrogens with two attached hydrogens (primary N) is 1. The van der Waals surface area contributed by atoms with Gasteiger partial charge in [-0.25, -0.2) is 28.1 Å². The summed E-state index contributed by atoms with van der Waals surface area (Å²) in [6, 6.07) is 9.77. The fourth-order valence-electron chi connectivity index (χ4n) is 5.33. The van der Waals surface area contributed by atoms with E-state index in [4.69, 9.17) is 10.5 Å². The summed E-state index contributed by atoms with van der Waals surface area (Å²) < 4.78 is 40.0. The summed E-state index contributed by atoms with van der Waals surface area (Å²) in [5.41, 5.74) is 7.54. The Morgan fingerprint density at radius 3 is 2.63 bits per heavy atom. The summed E-state index contributed by atoms with van der Waals surface area (Å²) in [6.45, 7) is 1.01. The number of esters is 1. The summed E-state index contributed by atoms with van der Waals surface area (Å²) >= 11 is 0. The van der Waals surface area contributed by atoms with Crippen LogP contribution in [0.1, 0.15) is 34.5 Å². The molecule has 2 aliphatic heterocycles. The molecule has 2 aliphatic rings. The molecule has 2 N–H and O–H groups in total. The molecular weight excluding hydrogens is 538 g/mol. The van der Waals surface area contributed by atoms with Gasteiger partial charge in [0.05, 0.1) is 12.7 Å². The number of nitrogens with zero attached hydrogens (tertiary/aromatic N) is 5. The minimum atomic E-state index is -2.77. The van der Waals surface area contributed by atoms with Gasteiger partial charge in [-0.05, 0) is 59.7 Å². The van der Waals surface area contributed by atoms with Crippen LogP contribution in [-0.2, 0) is 22.9 Å². The third kappa shape index (κ3) is 4.79. The average molecular weight is 563 g/mol. The number of primary amides is 1. The van der Waals surface area contributed by atoms with Crippen molar-refractivity contribution in [1.29, 1.82) is 0 Å². The second kappa shape index (κ2) is 10.2. The van der Waals surface area contributed by atoms with Crippen LogP contribution in [-0.4, -0.2) is 52.6 Å². The number of amides is 2. The van der Waals surface area contributed by atoms with E-state index >= 15 is 0 Å². The number of cyclic esters (lactones) is 1. The number of halogens is 2. The zero-order chi connectivity index (χ0) is 28.8. The van der Waals surface area contributed by atoms with Gasteiger partial charge in [0.15, 0.2) is 5.69 Å². The number of carbonyl (C=O) groups excluding carboxylic acids is 3. The minimum Gasteiger partial charge on any atom is -0.447 e. The fourth-order valence-corrected chi connectivity index (χ4v) is 5.33. The van der Waals surface area contributed by atoms with Crippen molar-refractivity contribution in [3.63, 3.8) is 0 Å². The number of alkyl halides is 2. The number of carbonyl (C=O) groups is 3. The van der Waals surface area contributed by atoms with Crippen LogP contribution in [0.25, 0.3) is 21.9 Å². The molecule has 13 heteroatoms. The highest BCUT2D eigenvalue weighted by Crippen LogP contribution is 2.43. The van der Waals surface area contributed by atoms with Gasteiger partial charge in [-0.3, -0.25) is 9.58 Å². The number of pyridine rings is 1. The number of fused-ring (bicyclic) bond motifs is 2. The van der Waals surface area contributed by atoms with Crippen LogP contribution in [0.3, 0.4) is 0 Å². The third-order valence-corrected chi connectivity index (χ3v) is 7.15. The lowest BCUT2D eigenvalue weighted by atomic mass is 9.93. The molecule has 4 aromatic rings. The van der Waals surface area contributed by atoms with Crippen molar-refractivity contribution >= 4 is 46.1 Å². The molecule has 0 radical (unpaired) electrons. The molecule has 41 heavy (non-hydrogen) atoms. The van der Waals surface area contributed by atoms with Gasteiger partial charge in [0.2, 0.25) is 0 Å². The van der Waals surface area contributed by atoms with E-state index in [0.717, 1.165) is 5.56 Å². The number of anilines is 3. The van der Waals surface area contributed by atoms with E-state index in [2.05, 4.69) is 14.8 Å². The van der Waals surface area contributed by atoms with Gasteiger partial charge in [0.25, 0.3) is 6.43 Å². The van der Waals surface area contributed by atoms with Crippen molar-refractivity contribution in [2.24, 2.45) is 12.8 Å². The quantitative estimate of drug-likeness (QED) is 0.270. The standard InChI is InChI=1S/C28H24F2N6O5/c1-34-14-17(13-32-34)19-9-16-3-2-6-36(23(16)12-21(19)24(29)30)25-20-11-18(35-7-8-40-28(35)39)5-4-15(20)10-22(33-25)26(37)41-27(31)38/h4-5,9-14,24H,2-3,6-8H2,1H3,(H2,31,38). The van der Waals surface area contributed by atoms with E-state index in [1.54, 1.807) is 53.3 Å². The summed E-state index contributed by atoms with van der Waals surface area (Å²) in [4.78, 5) is 44.0. The van der Waals surface area contributed by atoms with Crippen molar-refractivity contribution in [2.75, 3.05) is 29.5 Å². The third-order valence-electron chi connectivity index (χ3n) is 7.15. The highest BCUT2D eigenvalue weighted by molar-refractivity contribution is 6.04. The smallest absolute Gasteiger partial charge is 0.414 e. The van der Waals surface area contributed by atoms with Crippen molar-refractivity contribution in [3.8, 4) is 11.1 Å².